The van der Waals surface area contributed by atoms with E-state index in [1.807, 2.05) is 13.0 Å². The van der Waals surface area contributed by atoms with Gasteiger partial charge < -0.3 is 10.1 Å². The minimum atomic E-state index is -1.18. The van der Waals surface area contributed by atoms with Crippen molar-refractivity contribution in [2.24, 2.45) is 0 Å². The smallest absolute Gasteiger partial charge is 0.354 e. The van der Waals surface area contributed by atoms with Gasteiger partial charge >= 0.3 is 5.97 Å². The highest BCUT2D eigenvalue weighted by Crippen LogP contribution is 2.20. The summed E-state index contributed by atoms with van der Waals surface area (Å²) in [6.45, 7) is 2.00. The van der Waals surface area contributed by atoms with Gasteiger partial charge in [0.25, 0.3) is 0 Å². The molecule has 0 fully saturated rings. The molecular formula is C11H10N2O3S. The predicted octanol–water partition coefficient (Wildman–Crippen LogP) is 1.96. The minimum absolute atomic E-state index is 0.0398. The highest BCUT2D eigenvalue weighted by molar-refractivity contribution is 7.14. The Labute approximate surface area is 101 Å². The van der Waals surface area contributed by atoms with Crippen molar-refractivity contribution in [2.75, 3.05) is 0 Å². The quantitative estimate of drug-likeness (QED) is 0.812. The van der Waals surface area contributed by atoms with Gasteiger partial charge in [-0.3, -0.25) is 4.79 Å². The van der Waals surface area contributed by atoms with Crippen LogP contribution in [0.15, 0.2) is 18.5 Å². The Balaban J connectivity index is 2.36. The van der Waals surface area contributed by atoms with E-state index >= 15 is 0 Å². The molecule has 0 spiro atoms. The SMILES string of the molecule is CCc1ccc(C(=O)c2nc[nH]c2C(=O)O)s1. The number of hydrogen-bond donors (Lipinski definition) is 2. The van der Waals surface area contributed by atoms with Crippen LogP contribution in [-0.2, 0) is 6.42 Å². The molecule has 0 amide bonds. The number of ketones is 1. The van der Waals surface area contributed by atoms with Gasteiger partial charge in [-0.05, 0) is 18.6 Å². The summed E-state index contributed by atoms with van der Waals surface area (Å²) in [4.78, 5) is 30.7. The van der Waals surface area contributed by atoms with Gasteiger partial charge in [-0.2, -0.15) is 0 Å². The molecule has 0 saturated heterocycles. The Morgan fingerprint density at radius 3 is 2.82 bits per heavy atom. The molecule has 2 heterocycles. The molecule has 0 aliphatic heterocycles. The molecule has 0 unspecified atom stereocenters. The standard InChI is InChI=1S/C11H10N2O3S/c1-2-6-3-4-7(17-6)10(14)8-9(11(15)16)13-5-12-8/h3-5H,2H2,1H3,(H,12,13)(H,15,16). The molecule has 0 bridgehead atoms. The molecule has 2 aromatic rings. The zero-order valence-electron chi connectivity index (χ0n) is 9.06. The van der Waals surface area contributed by atoms with Crippen molar-refractivity contribution in [3.8, 4) is 0 Å². The van der Waals surface area contributed by atoms with Crippen molar-refractivity contribution in [3.05, 3.63) is 39.6 Å². The topological polar surface area (TPSA) is 83.0 Å². The highest BCUT2D eigenvalue weighted by Gasteiger charge is 2.21. The molecule has 88 valence electrons. The van der Waals surface area contributed by atoms with Gasteiger partial charge in [0.2, 0.25) is 5.78 Å². The average molecular weight is 250 g/mol. The molecule has 0 saturated carbocycles. The van der Waals surface area contributed by atoms with Crippen LogP contribution in [0.5, 0.6) is 0 Å². The lowest BCUT2D eigenvalue weighted by molar-refractivity contribution is 0.0687. The highest BCUT2D eigenvalue weighted by atomic mass is 32.1. The van der Waals surface area contributed by atoms with Crippen LogP contribution in [0.3, 0.4) is 0 Å². The zero-order valence-corrected chi connectivity index (χ0v) is 9.87. The van der Waals surface area contributed by atoms with Crippen LogP contribution >= 0.6 is 11.3 Å². The molecule has 6 heteroatoms. The third-order valence-electron chi connectivity index (χ3n) is 2.30. The number of nitrogens with zero attached hydrogens (tertiary/aromatic N) is 1. The number of imidazole rings is 1. The average Bonchev–Trinajstić information content (AvgIpc) is 2.97. The Kier molecular flexibility index (Phi) is 3.06. The first-order valence-electron chi connectivity index (χ1n) is 5.03. The number of aryl methyl sites for hydroxylation is 1. The number of carboxylic acids is 1. The van der Waals surface area contributed by atoms with E-state index in [4.69, 9.17) is 5.11 Å². The van der Waals surface area contributed by atoms with E-state index in [0.717, 1.165) is 11.3 Å². The van der Waals surface area contributed by atoms with Crippen LogP contribution in [0, 0.1) is 0 Å². The van der Waals surface area contributed by atoms with Gasteiger partial charge in [-0.1, -0.05) is 6.92 Å². The normalized spacial score (nSPS) is 10.4. The van der Waals surface area contributed by atoms with Crippen LogP contribution < -0.4 is 0 Å². The van der Waals surface area contributed by atoms with Crippen molar-refractivity contribution < 1.29 is 14.7 Å². The second-order valence-corrected chi connectivity index (χ2v) is 4.55. The van der Waals surface area contributed by atoms with Crippen molar-refractivity contribution in [3.63, 3.8) is 0 Å². The lowest BCUT2D eigenvalue weighted by atomic mass is 10.2. The maximum atomic E-state index is 12.0. The second-order valence-electron chi connectivity index (χ2n) is 3.38. The van der Waals surface area contributed by atoms with Crippen molar-refractivity contribution in [1.29, 1.82) is 0 Å². The summed E-state index contributed by atoms with van der Waals surface area (Å²) in [5.74, 6) is -1.54. The number of hydrogen-bond acceptors (Lipinski definition) is 4. The Bertz CT molecular complexity index is 571. The summed E-state index contributed by atoms with van der Waals surface area (Å²) in [5, 5.41) is 8.88. The number of aromatic amines is 1. The zero-order chi connectivity index (χ0) is 12.4. The van der Waals surface area contributed by atoms with Crippen molar-refractivity contribution in [2.45, 2.75) is 13.3 Å². The van der Waals surface area contributed by atoms with E-state index in [9.17, 15) is 9.59 Å². The van der Waals surface area contributed by atoms with E-state index < -0.39 is 5.97 Å². The predicted molar refractivity (Wildman–Crippen MR) is 62.7 cm³/mol. The molecule has 0 aliphatic carbocycles. The van der Waals surface area contributed by atoms with Crippen LogP contribution in [0.1, 0.15) is 37.7 Å². The fourth-order valence-corrected chi connectivity index (χ4v) is 2.32. The van der Waals surface area contributed by atoms with Crippen molar-refractivity contribution >= 4 is 23.1 Å². The van der Waals surface area contributed by atoms with Crippen LogP contribution in [0.2, 0.25) is 0 Å². The number of nitrogens with one attached hydrogen (secondary N) is 1. The van der Waals surface area contributed by atoms with Gasteiger partial charge in [0.15, 0.2) is 5.69 Å². The minimum Gasteiger partial charge on any atom is -0.477 e. The molecular weight excluding hydrogens is 240 g/mol. The van der Waals surface area contributed by atoms with Gasteiger partial charge in [0.05, 0.1) is 11.2 Å². The Hall–Kier alpha value is -1.95. The lowest BCUT2D eigenvalue weighted by Crippen LogP contribution is -2.08. The fourth-order valence-electron chi connectivity index (χ4n) is 1.44. The maximum Gasteiger partial charge on any atom is 0.354 e. The van der Waals surface area contributed by atoms with Gasteiger partial charge in [-0.15, -0.1) is 11.3 Å². The summed E-state index contributed by atoms with van der Waals surface area (Å²) in [5.41, 5.74) is -0.205. The Morgan fingerprint density at radius 1 is 1.47 bits per heavy atom. The number of carboxylic acid groups (broad SMARTS) is 1. The van der Waals surface area contributed by atoms with Gasteiger partial charge in [0.1, 0.15) is 5.69 Å². The summed E-state index contributed by atoms with van der Waals surface area (Å²) < 4.78 is 0. The number of rotatable bonds is 4. The van der Waals surface area contributed by atoms with E-state index in [1.54, 1.807) is 6.07 Å². The molecule has 2 aromatic heterocycles. The molecule has 0 atom stereocenters. The first-order valence-corrected chi connectivity index (χ1v) is 5.85. The summed E-state index contributed by atoms with van der Waals surface area (Å²) in [6.07, 6.45) is 2.06. The van der Waals surface area contributed by atoms with E-state index in [1.165, 1.54) is 17.7 Å². The van der Waals surface area contributed by atoms with E-state index in [0.29, 0.717) is 4.88 Å². The summed E-state index contributed by atoms with van der Waals surface area (Å²) in [7, 11) is 0. The first kappa shape index (κ1) is 11.5. The molecule has 0 radical (unpaired) electrons. The maximum absolute atomic E-state index is 12.0. The van der Waals surface area contributed by atoms with Gasteiger partial charge in [0, 0.05) is 4.88 Å². The molecule has 17 heavy (non-hydrogen) atoms. The summed E-state index contributed by atoms with van der Waals surface area (Å²) >= 11 is 1.36. The van der Waals surface area contributed by atoms with Crippen LogP contribution in [-0.4, -0.2) is 26.8 Å². The monoisotopic (exact) mass is 250 g/mol. The molecule has 2 rings (SSSR count). The van der Waals surface area contributed by atoms with Crippen molar-refractivity contribution in [1.82, 2.24) is 9.97 Å². The second kappa shape index (κ2) is 4.50. The van der Waals surface area contributed by atoms with Crippen LogP contribution in [0.4, 0.5) is 0 Å². The number of H-pyrrole nitrogens is 1. The molecule has 0 aliphatic rings. The summed E-state index contributed by atoms with van der Waals surface area (Å²) in [6, 6.07) is 3.57. The molecule has 0 aromatic carbocycles. The third-order valence-corrected chi connectivity index (χ3v) is 3.53. The van der Waals surface area contributed by atoms with E-state index in [-0.39, 0.29) is 17.2 Å². The molecule has 2 N–H and O–H groups in total. The Morgan fingerprint density at radius 2 is 2.24 bits per heavy atom. The molecule has 5 nitrogen and oxygen atoms in total. The fraction of sp³-hybridized carbons (Fsp3) is 0.182. The number of thiophene rings is 1. The first-order chi connectivity index (χ1) is 8.13. The third kappa shape index (κ3) is 2.12. The van der Waals surface area contributed by atoms with Gasteiger partial charge in [-0.25, -0.2) is 9.78 Å². The largest absolute Gasteiger partial charge is 0.477 e. The van der Waals surface area contributed by atoms with Crippen LogP contribution in [0.25, 0.3) is 0 Å². The number of carbonyl (C=O) groups is 2. The number of carbonyl (C=O) groups excluding carboxylic acids is 1. The number of aromatic carboxylic acids is 1. The van der Waals surface area contributed by atoms with E-state index in [2.05, 4.69) is 9.97 Å². The lowest BCUT2D eigenvalue weighted by Gasteiger charge is -1.95. The number of aromatic nitrogens is 2.